The third-order valence-electron chi connectivity index (χ3n) is 4.84. The van der Waals surface area contributed by atoms with Crippen molar-refractivity contribution in [2.24, 2.45) is 4.99 Å². The van der Waals surface area contributed by atoms with Crippen LogP contribution in [-0.4, -0.2) is 66.6 Å². The van der Waals surface area contributed by atoms with Gasteiger partial charge in [0, 0.05) is 31.6 Å². The number of esters is 1. The zero-order chi connectivity index (χ0) is 23.8. The lowest BCUT2D eigenvalue weighted by atomic mass is 9.88. The highest BCUT2D eigenvalue weighted by Gasteiger charge is 2.50. The van der Waals surface area contributed by atoms with Crippen molar-refractivity contribution in [3.63, 3.8) is 0 Å². The smallest absolute Gasteiger partial charge is 0.306 e. The number of aliphatic imine (C=N–C) groups is 1. The number of benzene rings is 1. The largest absolute Gasteiger partial charge is 0.494 e. The molecule has 1 aliphatic rings. The number of hydrogen-bond acceptors (Lipinski definition) is 7. The Bertz CT molecular complexity index is 806. The maximum atomic E-state index is 13.0. The van der Waals surface area contributed by atoms with Crippen LogP contribution >= 0.6 is 0 Å². The van der Waals surface area contributed by atoms with Gasteiger partial charge in [0.2, 0.25) is 5.90 Å². The molecule has 0 spiro atoms. The summed E-state index contributed by atoms with van der Waals surface area (Å²) in [5.41, 5.74) is -1.38. The van der Waals surface area contributed by atoms with E-state index in [0.29, 0.717) is 24.3 Å². The summed E-state index contributed by atoms with van der Waals surface area (Å²) < 4.78 is 29.5. The van der Waals surface area contributed by atoms with E-state index in [0.717, 1.165) is 0 Å². The van der Waals surface area contributed by atoms with Crippen LogP contribution in [0.4, 0.5) is 4.39 Å². The van der Waals surface area contributed by atoms with E-state index in [-0.39, 0.29) is 31.9 Å². The summed E-state index contributed by atoms with van der Waals surface area (Å²) in [7, 11) is 0. The number of ether oxygens (including phenoxy) is 3. The molecule has 0 fully saturated rings. The number of carbonyl (C=O) groups excluding carboxylic acids is 2. The zero-order valence-corrected chi connectivity index (χ0v) is 19.2. The third-order valence-corrected chi connectivity index (χ3v) is 4.84. The van der Waals surface area contributed by atoms with Crippen molar-refractivity contribution in [3.05, 3.63) is 29.8 Å². The monoisotopic (exact) mass is 452 g/mol. The lowest BCUT2D eigenvalue weighted by molar-refractivity contribution is -0.155. The molecule has 1 heterocycles. The summed E-state index contributed by atoms with van der Waals surface area (Å²) in [4.78, 5) is 29.8. The summed E-state index contributed by atoms with van der Waals surface area (Å²) in [5, 5.41) is 11.4. The van der Waals surface area contributed by atoms with E-state index < -0.39 is 35.8 Å². The number of rotatable bonds is 11. The van der Waals surface area contributed by atoms with Gasteiger partial charge >= 0.3 is 5.97 Å². The molecule has 2 atom stereocenters. The van der Waals surface area contributed by atoms with Gasteiger partial charge in [0.1, 0.15) is 24.1 Å². The standard InChI is InChI=1S/C23H33FN2O6/c1-16-23(21(29)25-13-12-24,11-10-19(28)32-22(2,3)4)26-20(31-16)17-6-8-18(9-7-17)30-15-5-14-27/h6-9,16,27H,5,10-15H2,1-4H3,(H,25,29)/t16-,23-/m1/s1. The fraction of sp³-hybridized carbons (Fsp3) is 0.609. The van der Waals surface area contributed by atoms with Gasteiger partial charge in [-0.25, -0.2) is 9.38 Å². The molecule has 9 heteroatoms. The van der Waals surface area contributed by atoms with E-state index in [1.165, 1.54) is 0 Å². The van der Waals surface area contributed by atoms with Crippen LogP contribution in [0.5, 0.6) is 5.75 Å². The average Bonchev–Trinajstić information content (AvgIpc) is 3.07. The Morgan fingerprint density at radius 2 is 1.97 bits per heavy atom. The number of amides is 1. The number of nitrogens with one attached hydrogen (secondary N) is 1. The van der Waals surface area contributed by atoms with E-state index in [9.17, 15) is 14.0 Å². The summed E-state index contributed by atoms with van der Waals surface area (Å²) in [6.07, 6.45) is -0.112. The molecule has 1 aromatic rings. The van der Waals surface area contributed by atoms with Crippen LogP contribution in [0.25, 0.3) is 0 Å². The molecule has 2 rings (SSSR count). The Labute approximate surface area is 188 Å². The number of hydrogen-bond donors (Lipinski definition) is 2. The molecule has 1 aromatic carbocycles. The Hall–Kier alpha value is -2.68. The molecule has 0 aromatic heterocycles. The van der Waals surface area contributed by atoms with Crippen LogP contribution in [0.2, 0.25) is 0 Å². The first-order valence-electron chi connectivity index (χ1n) is 10.8. The number of aliphatic hydroxyl groups is 1. The van der Waals surface area contributed by atoms with Crippen LogP contribution in [0.1, 0.15) is 52.5 Å². The van der Waals surface area contributed by atoms with Crippen LogP contribution in [-0.2, 0) is 19.1 Å². The van der Waals surface area contributed by atoms with Crippen LogP contribution < -0.4 is 10.1 Å². The molecule has 1 amide bonds. The minimum absolute atomic E-state index is 0.0393. The minimum Gasteiger partial charge on any atom is -0.494 e. The first-order chi connectivity index (χ1) is 15.1. The summed E-state index contributed by atoms with van der Waals surface area (Å²) in [5.74, 6) is -0.0507. The first kappa shape index (κ1) is 25.6. The van der Waals surface area contributed by atoms with Gasteiger partial charge in [-0.2, -0.15) is 0 Å². The van der Waals surface area contributed by atoms with E-state index in [1.54, 1.807) is 52.0 Å². The van der Waals surface area contributed by atoms with Crippen LogP contribution in [0, 0.1) is 0 Å². The molecule has 0 aliphatic carbocycles. The number of alkyl halides is 1. The summed E-state index contributed by atoms with van der Waals surface area (Å²) in [6.45, 7) is 6.59. The Morgan fingerprint density at radius 1 is 1.28 bits per heavy atom. The molecular weight excluding hydrogens is 419 g/mol. The Balaban J connectivity index is 2.22. The number of halogens is 1. The lowest BCUT2D eigenvalue weighted by Gasteiger charge is -2.28. The van der Waals surface area contributed by atoms with Gasteiger partial charge in [-0.3, -0.25) is 9.59 Å². The van der Waals surface area contributed by atoms with Gasteiger partial charge in [-0.15, -0.1) is 0 Å². The highest BCUT2D eigenvalue weighted by Crippen LogP contribution is 2.34. The second kappa shape index (κ2) is 11.3. The van der Waals surface area contributed by atoms with Crippen LogP contribution in [0.15, 0.2) is 29.3 Å². The van der Waals surface area contributed by atoms with Gasteiger partial charge in [-0.1, -0.05) is 0 Å². The third kappa shape index (κ3) is 6.91. The van der Waals surface area contributed by atoms with E-state index in [1.807, 2.05) is 0 Å². The molecule has 8 nitrogen and oxygen atoms in total. The topological polar surface area (TPSA) is 106 Å². The molecule has 0 bridgehead atoms. The van der Waals surface area contributed by atoms with Crippen molar-refractivity contribution in [1.82, 2.24) is 5.32 Å². The molecule has 0 unspecified atom stereocenters. The molecule has 178 valence electrons. The van der Waals surface area contributed by atoms with Gasteiger partial charge in [0.25, 0.3) is 5.91 Å². The predicted molar refractivity (Wildman–Crippen MR) is 118 cm³/mol. The first-order valence-corrected chi connectivity index (χ1v) is 10.8. The van der Waals surface area contributed by atoms with E-state index in [2.05, 4.69) is 10.3 Å². The van der Waals surface area contributed by atoms with Crippen molar-refractivity contribution < 1.29 is 33.3 Å². The SMILES string of the molecule is C[C@H]1OC(c2ccc(OCCCO)cc2)=N[C@@]1(CCC(=O)OC(C)(C)C)C(=O)NCCF. The maximum Gasteiger partial charge on any atom is 0.306 e. The molecule has 0 saturated heterocycles. The highest BCUT2D eigenvalue weighted by molar-refractivity contribution is 6.00. The van der Waals surface area contributed by atoms with Crippen molar-refractivity contribution >= 4 is 17.8 Å². The molecule has 1 aliphatic heterocycles. The highest BCUT2D eigenvalue weighted by atomic mass is 19.1. The van der Waals surface area contributed by atoms with Crippen molar-refractivity contribution in [3.8, 4) is 5.75 Å². The van der Waals surface area contributed by atoms with Crippen molar-refractivity contribution in [1.29, 1.82) is 0 Å². The van der Waals surface area contributed by atoms with Crippen molar-refractivity contribution in [2.75, 3.05) is 26.4 Å². The molecule has 0 radical (unpaired) electrons. The fourth-order valence-corrected chi connectivity index (χ4v) is 3.25. The minimum atomic E-state index is -1.38. The van der Waals surface area contributed by atoms with E-state index >= 15 is 0 Å². The maximum absolute atomic E-state index is 13.0. The molecule has 2 N–H and O–H groups in total. The number of aliphatic hydroxyl groups excluding tert-OH is 1. The Morgan fingerprint density at radius 3 is 2.56 bits per heavy atom. The number of carbonyl (C=O) groups is 2. The average molecular weight is 453 g/mol. The lowest BCUT2D eigenvalue weighted by Crippen LogP contribution is -2.51. The second-order valence-electron chi connectivity index (χ2n) is 8.58. The summed E-state index contributed by atoms with van der Waals surface area (Å²) in [6, 6.07) is 6.99. The second-order valence-corrected chi connectivity index (χ2v) is 8.58. The van der Waals surface area contributed by atoms with Gasteiger partial charge in [0.15, 0.2) is 5.54 Å². The zero-order valence-electron chi connectivity index (χ0n) is 19.2. The van der Waals surface area contributed by atoms with Gasteiger partial charge in [-0.05, 0) is 58.4 Å². The van der Waals surface area contributed by atoms with Gasteiger partial charge in [0.05, 0.1) is 6.61 Å². The normalized spacial score (nSPS) is 20.3. The fourth-order valence-electron chi connectivity index (χ4n) is 3.25. The summed E-state index contributed by atoms with van der Waals surface area (Å²) >= 11 is 0. The Kier molecular flexibility index (Phi) is 9.00. The quantitative estimate of drug-likeness (QED) is 0.395. The van der Waals surface area contributed by atoms with E-state index in [4.69, 9.17) is 19.3 Å². The van der Waals surface area contributed by atoms with Gasteiger partial charge < -0.3 is 24.6 Å². The predicted octanol–water partition coefficient (Wildman–Crippen LogP) is 2.56. The molecule has 32 heavy (non-hydrogen) atoms. The molecular formula is C23H33FN2O6. The number of nitrogens with zero attached hydrogens (tertiary/aromatic N) is 1. The van der Waals surface area contributed by atoms with Crippen LogP contribution in [0.3, 0.4) is 0 Å². The van der Waals surface area contributed by atoms with Crippen molar-refractivity contribution in [2.45, 2.75) is 64.2 Å². The molecule has 0 saturated carbocycles.